The summed E-state index contributed by atoms with van der Waals surface area (Å²) in [5.74, 6) is 0.727. The van der Waals surface area contributed by atoms with Crippen LogP contribution in [0.2, 0.25) is 0 Å². The Morgan fingerprint density at radius 1 is 1.50 bits per heavy atom. The van der Waals surface area contributed by atoms with Gasteiger partial charge >= 0.3 is 0 Å². The Hall–Kier alpha value is 0.110. The molecule has 0 amide bonds. The molecular formula is C7H14O2S. The molecule has 10 heavy (non-hydrogen) atoms. The van der Waals surface area contributed by atoms with Gasteiger partial charge < -0.3 is 4.74 Å². The van der Waals surface area contributed by atoms with Gasteiger partial charge in [-0.15, -0.1) is 0 Å². The molecule has 0 bridgehead atoms. The van der Waals surface area contributed by atoms with Gasteiger partial charge in [-0.2, -0.15) is 0 Å². The van der Waals surface area contributed by atoms with Gasteiger partial charge in [-0.25, -0.2) is 0 Å². The molecule has 3 atom stereocenters. The Balaban J connectivity index is 2.07. The van der Waals surface area contributed by atoms with E-state index < -0.39 is 10.8 Å². The van der Waals surface area contributed by atoms with Crippen LogP contribution < -0.4 is 0 Å². The third kappa shape index (κ3) is 2.39. The Labute approximate surface area is 64.4 Å². The van der Waals surface area contributed by atoms with Crippen molar-refractivity contribution in [1.29, 1.82) is 0 Å². The first-order valence-electron chi connectivity index (χ1n) is 3.69. The van der Waals surface area contributed by atoms with E-state index in [1.54, 1.807) is 6.26 Å². The van der Waals surface area contributed by atoms with Crippen LogP contribution in [-0.4, -0.2) is 28.4 Å². The average Bonchev–Trinajstić information content (AvgIpc) is 2.47. The quantitative estimate of drug-likeness (QED) is 0.576. The molecule has 0 aliphatic carbocycles. The van der Waals surface area contributed by atoms with Crippen LogP contribution >= 0.6 is 0 Å². The third-order valence-electron chi connectivity index (χ3n) is 1.66. The lowest BCUT2D eigenvalue weighted by molar-refractivity contribution is 0.370. The zero-order valence-corrected chi connectivity index (χ0v) is 7.32. The predicted octanol–water partition coefficient (Wildman–Crippen LogP) is 0.932. The van der Waals surface area contributed by atoms with Gasteiger partial charge in [-0.3, -0.25) is 4.21 Å². The highest BCUT2D eigenvalue weighted by Gasteiger charge is 2.37. The van der Waals surface area contributed by atoms with E-state index in [9.17, 15) is 4.21 Å². The summed E-state index contributed by atoms with van der Waals surface area (Å²) in [4.78, 5) is 0. The largest absolute Gasteiger partial charge is 0.369 e. The second-order valence-corrected chi connectivity index (χ2v) is 4.22. The van der Waals surface area contributed by atoms with Crippen molar-refractivity contribution in [2.24, 2.45) is 0 Å². The zero-order chi connectivity index (χ0) is 7.56. The van der Waals surface area contributed by atoms with Crippen LogP contribution in [0.4, 0.5) is 0 Å². The Kier molecular flexibility index (Phi) is 2.86. The molecule has 2 nitrogen and oxygen atoms in total. The molecule has 0 aromatic carbocycles. The first-order chi connectivity index (χ1) is 4.74. The highest BCUT2D eigenvalue weighted by molar-refractivity contribution is 7.84. The fourth-order valence-corrected chi connectivity index (χ4v) is 1.85. The molecule has 1 aliphatic rings. The maximum absolute atomic E-state index is 10.7. The van der Waals surface area contributed by atoms with Crippen LogP contribution in [0.15, 0.2) is 0 Å². The Morgan fingerprint density at radius 3 is 2.70 bits per heavy atom. The topological polar surface area (TPSA) is 29.6 Å². The minimum Gasteiger partial charge on any atom is -0.369 e. The van der Waals surface area contributed by atoms with Crippen molar-refractivity contribution in [1.82, 2.24) is 0 Å². The maximum atomic E-state index is 10.7. The van der Waals surface area contributed by atoms with Crippen molar-refractivity contribution in [2.45, 2.75) is 32.0 Å². The van der Waals surface area contributed by atoms with Crippen LogP contribution in [0, 0.1) is 0 Å². The number of ether oxygens (including phenoxy) is 1. The highest BCUT2D eigenvalue weighted by atomic mass is 32.2. The lowest BCUT2D eigenvalue weighted by atomic mass is 10.2. The minimum atomic E-state index is -0.682. The molecule has 1 heterocycles. The zero-order valence-electron chi connectivity index (χ0n) is 6.50. The van der Waals surface area contributed by atoms with E-state index in [-0.39, 0.29) is 0 Å². The summed E-state index contributed by atoms with van der Waals surface area (Å²) in [7, 11) is -0.682. The van der Waals surface area contributed by atoms with E-state index in [4.69, 9.17) is 4.74 Å². The second kappa shape index (κ2) is 3.49. The third-order valence-corrected chi connectivity index (χ3v) is 2.46. The molecule has 1 aliphatic heterocycles. The van der Waals surface area contributed by atoms with E-state index in [1.165, 1.54) is 0 Å². The fourth-order valence-electron chi connectivity index (χ4n) is 1.10. The van der Waals surface area contributed by atoms with Crippen LogP contribution in [-0.2, 0) is 15.5 Å². The fraction of sp³-hybridized carbons (Fsp3) is 1.00. The lowest BCUT2D eigenvalue weighted by Crippen LogP contribution is -2.04. The molecule has 0 radical (unpaired) electrons. The molecule has 0 spiro atoms. The SMILES string of the molecule is CCC[C@@H]1O[C@H]1C[S@@](C)=O. The van der Waals surface area contributed by atoms with E-state index in [2.05, 4.69) is 6.92 Å². The van der Waals surface area contributed by atoms with Crippen molar-refractivity contribution in [2.75, 3.05) is 12.0 Å². The molecular weight excluding hydrogens is 148 g/mol. The predicted molar refractivity (Wildman–Crippen MR) is 42.5 cm³/mol. The highest BCUT2D eigenvalue weighted by Crippen LogP contribution is 2.26. The van der Waals surface area contributed by atoms with E-state index in [0.717, 1.165) is 18.6 Å². The molecule has 1 rings (SSSR count). The van der Waals surface area contributed by atoms with Gasteiger partial charge in [0.2, 0.25) is 0 Å². The first-order valence-corrected chi connectivity index (χ1v) is 5.42. The summed E-state index contributed by atoms with van der Waals surface area (Å²) >= 11 is 0. The van der Waals surface area contributed by atoms with Crippen LogP contribution in [0.1, 0.15) is 19.8 Å². The number of epoxide rings is 1. The van der Waals surface area contributed by atoms with E-state index in [1.807, 2.05) is 0 Å². The summed E-state index contributed by atoms with van der Waals surface area (Å²) in [6.07, 6.45) is 4.75. The van der Waals surface area contributed by atoms with Crippen LogP contribution in [0.25, 0.3) is 0 Å². The normalized spacial score (nSPS) is 33.8. The van der Waals surface area contributed by atoms with Gasteiger partial charge in [0.15, 0.2) is 0 Å². The van der Waals surface area contributed by atoms with Gasteiger partial charge in [0.05, 0.1) is 18.0 Å². The molecule has 0 N–H and O–H groups in total. The second-order valence-electron chi connectivity index (χ2n) is 2.74. The lowest BCUT2D eigenvalue weighted by Gasteiger charge is -1.88. The monoisotopic (exact) mass is 162 g/mol. The summed E-state index contributed by atoms with van der Waals surface area (Å²) in [6, 6.07) is 0. The minimum absolute atomic E-state index is 0.311. The van der Waals surface area contributed by atoms with Crippen molar-refractivity contribution in [3.05, 3.63) is 0 Å². The molecule has 1 saturated heterocycles. The average molecular weight is 162 g/mol. The van der Waals surface area contributed by atoms with Gasteiger partial charge in [0.1, 0.15) is 0 Å². The molecule has 1 fully saturated rings. The van der Waals surface area contributed by atoms with Crippen LogP contribution in [0.3, 0.4) is 0 Å². The number of hydrogen-bond acceptors (Lipinski definition) is 2. The number of hydrogen-bond donors (Lipinski definition) is 0. The number of rotatable bonds is 4. The Morgan fingerprint density at radius 2 is 2.20 bits per heavy atom. The van der Waals surface area contributed by atoms with Gasteiger partial charge in [-0.05, 0) is 6.42 Å². The van der Waals surface area contributed by atoms with Crippen LogP contribution in [0.5, 0.6) is 0 Å². The molecule has 0 aromatic rings. The van der Waals surface area contributed by atoms with Crippen molar-refractivity contribution in [3.63, 3.8) is 0 Å². The summed E-state index contributed by atoms with van der Waals surface area (Å²) in [5, 5.41) is 0. The molecule has 0 saturated carbocycles. The standard InChI is InChI=1S/C7H14O2S/c1-3-4-6-7(9-6)5-10(2)8/h6-7H,3-5H2,1-2H3/t6-,7-,10+/m0/s1. The van der Waals surface area contributed by atoms with Crippen molar-refractivity contribution in [3.8, 4) is 0 Å². The summed E-state index contributed by atoms with van der Waals surface area (Å²) in [6.45, 7) is 2.14. The van der Waals surface area contributed by atoms with Gasteiger partial charge in [0.25, 0.3) is 0 Å². The van der Waals surface area contributed by atoms with Crippen molar-refractivity contribution >= 4 is 10.8 Å². The molecule has 0 unspecified atom stereocenters. The summed E-state index contributed by atoms with van der Waals surface area (Å²) < 4.78 is 16.0. The van der Waals surface area contributed by atoms with Crippen molar-refractivity contribution < 1.29 is 8.95 Å². The Bertz CT molecular complexity index is 136. The maximum Gasteiger partial charge on any atom is 0.0956 e. The van der Waals surface area contributed by atoms with E-state index in [0.29, 0.717) is 12.2 Å². The van der Waals surface area contributed by atoms with E-state index >= 15 is 0 Å². The van der Waals surface area contributed by atoms with Gasteiger partial charge in [-0.1, -0.05) is 13.3 Å². The molecule has 0 aromatic heterocycles. The van der Waals surface area contributed by atoms with Gasteiger partial charge in [0, 0.05) is 17.1 Å². The first kappa shape index (κ1) is 8.21. The summed E-state index contributed by atoms with van der Waals surface area (Å²) in [5.41, 5.74) is 0. The smallest absolute Gasteiger partial charge is 0.0956 e. The molecule has 3 heteroatoms. The molecule has 60 valence electrons.